The van der Waals surface area contributed by atoms with Gasteiger partial charge in [-0.15, -0.1) is 21.5 Å². The van der Waals surface area contributed by atoms with Gasteiger partial charge in [-0.3, -0.25) is 9.78 Å². The van der Waals surface area contributed by atoms with E-state index in [1.165, 1.54) is 24.3 Å². The summed E-state index contributed by atoms with van der Waals surface area (Å²) in [7, 11) is 1.51. The Bertz CT molecular complexity index is 2460. The first-order chi connectivity index (χ1) is 25.4. The smallest absolute Gasteiger partial charge is 0.257 e. The summed E-state index contributed by atoms with van der Waals surface area (Å²) in [5, 5.41) is 14.2. The molecule has 1 N–H and O–H groups in total. The number of rotatable bonds is 7. The molecule has 4 aromatic heterocycles. The van der Waals surface area contributed by atoms with Gasteiger partial charge in [-0.1, -0.05) is 23.7 Å². The molecular weight excluding hydrogens is 699 g/mol. The number of nitrogens with one attached hydrogen (secondary N) is 1. The second-order valence-corrected chi connectivity index (χ2v) is 15.7. The van der Waals surface area contributed by atoms with E-state index in [0.717, 1.165) is 91.5 Å². The van der Waals surface area contributed by atoms with Crippen molar-refractivity contribution in [3.05, 3.63) is 105 Å². The number of nitrogens with zero attached hydrogens (tertiary/aromatic N) is 5. The number of ether oxygens (including phenoxy) is 1. The molecule has 4 aliphatic rings. The Balaban J connectivity index is 1.14. The van der Waals surface area contributed by atoms with Crippen molar-refractivity contribution in [3.63, 3.8) is 0 Å². The van der Waals surface area contributed by atoms with Gasteiger partial charge in [0.15, 0.2) is 11.6 Å². The zero-order chi connectivity index (χ0) is 35.2. The number of aryl methyl sites for hydroxylation is 2. The third-order valence-corrected chi connectivity index (χ3v) is 12.7. The number of thiophene rings is 1. The Hall–Kier alpha value is -4.87. The third kappa shape index (κ3) is 4.89. The van der Waals surface area contributed by atoms with Gasteiger partial charge in [0.2, 0.25) is 11.8 Å². The quantitative estimate of drug-likeness (QED) is 0.173. The maximum atomic E-state index is 14.5. The number of pyridine rings is 2. The van der Waals surface area contributed by atoms with E-state index in [2.05, 4.69) is 33.7 Å². The van der Waals surface area contributed by atoms with Crippen molar-refractivity contribution in [1.82, 2.24) is 25.1 Å². The molecule has 2 aromatic carbocycles. The van der Waals surface area contributed by atoms with Crippen molar-refractivity contribution in [2.75, 3.05) is 19.0 Å². The van der Waals surface area contributed by atoms with E-state index in [0.29, 0.717) is 42.5 Å². The van der Waals surface area contributed by atoms with Crippen LogP contribution in [0.5, 0.6) is 5.75 Å². The number of amides is 1. The lowest BCUT2D eigenvalue weighted by Crippen LogP contribution is -2.22. The second kappa shape index (κ2) is 12.1. The molecule has 9 nitrogen and oxygen atoms in total. The van der Waals surface area contributed by atoms with Crippen LogP contribution in [0.15, 0.2) is 53.1 Å². The average Bonchev–Trinajstić information content (AvgIpc) is 3.99. The largest absolute Gasteiger partial charge is 0.493 e. The number of anilines is 1. The summed E-state index contributed by atoms with van der Waals surface area (Å²) in [5.41, 5.74) is 8.34. The lowest BCUT2D eigenvalue weighted by molar-refractivity contribution is 0.0776. The Morgan fingerprint density at radius 2 is 1.94 bits per heavy atom. The second-order valence-electron chi connectivity index (χ2n) is 14.2. The molecule has 3 atom stereocenters. The van der Waals surface area contributed by atoms with E-state index in [-0.39, 0.29) is 29.7 Å². The summed E-state index contributed by atoms with van der Waals surface area (Å²) in [5.74, 6) is 1.75. The van der Waals surface area contributed by atoms with Gasteiger partial charge in [0.05, 0.1) is 46.4 Å². The fourth-order valence-corrected chi connectivity index (χ4v) is 10.4. The lowest BCUT2D eigenvalue weighted by Gasteiger charge is -2.19. The molecule has 12 heteroatoms. The highest BCUT2D eigenvalue weighted by Crippen LogP contribution is 2.52. The molecular formula is C40H34ClFN6O3S. The van der Waals surface area contributed by atoms with Crippen molar-refractivity contribution in [2.24, 2.45) is 0 Å². The number of halogens is 2. The molecule has 6 heterocycles. The van der Waals surface area contributed by atoms with Crippen LogP contribution >= 0.6 is 22.9 Å². The van der Waals surface area contributed by atoms with Crippen LogP contribution in [0.3, 0.4) is 0 Å². The van der Waals surface area contributed by atoms with Gasteiger partial charge >= 0.3 is 0 Å². The van der Waals surface area contributed by atoms with Crippen LogP contribution in [0.1, 0.15) is 93.6 Å². The van der Waals surface area contributed by atoms with Crippen LogP contribution in [0.2, 0.25) is 5.02 Å². The van der Waals surface area contributed by atoms with Crippen molar-refractivity contribution in [1.29, 1.82) is 0 Å². The average molecular weight is 733 g/mol. The van der Waals surface area contributed by atoms with E-state index < -0.39 is 0 Å². The number of fused-ring (bicyclic) bond motifs is 6. The Morgan fingerprint density at radius 1 is 1.06 bits per heavy atom. The summed E-state index contributed by atoms with van der Waals surface area (Å²) < 4.78 is 27.1. The van der Waals surface area contributed by atoms with Crippen molar-refractivity contribution in [2.45, 2.75) is 69.9 Å². The minimum atomic E-state index is -0.349. The van der Waals surface area contributed by atoms with Crippen molar-refractivity contribution in [3.8, 4) is 27.6 Å². The van der Waals surface area contributed by atoms with Gasteiger partial charge in [-0.2, -0.15) is 0 Å². The Kier molecular flexibility index (Phi) is 7.41. The van der Waals surface area contributed by atoms with Gasteiger partial charge in [0.1, 0.15) is 5.82 Å². The minimum absolute atomic E-state index is 0.00237. The molecule has 1 fully saturated rings. The molecule has 10 rings (SSSR count). The number of carbonyl (C=O) groups excluding carboxylic acids is 1. The maximum absolute atomic E-state index is 14.5. The summed E-state index contributed by atoms with van der Waals surface area (Å²) in [4.78, 5) is 27.4. The third-order valence-electron chi connectivity index (χ3n) is 11.3. The molecule has 1 amide bonds. The molecule has 0 radical (unpaired) electrons. The first-order valence-electron chi connectivity index (χ1n) is 17.8. The topological polar surface area (TPSA) is 106 Å². The molecule has 0 saturated carbocycles. The number of methoxy groups -OCH3 is 1. The molecule has 262 valence electrons. The summed E-state index contributed by atoms with van der Waals surface area (Å²) in [6, 6.07) is 13.5. The predicted molar refractivity (Wildman–Crippen MR) is 198 cm³/mol. The van der Waals surface area contributed by atoms with Crippen LogP contribution in [0.4, 0.5) is 10.2 Å². The lowest BCUT2D eigenvalue weighted by atomic mass is 9.89. The highest BCUT2D eigenvalue weighted by molar-refractivity contribution is 7.23. The molecule has 52 heavy (non-hydrogen) atoms. The predicted octanol–water partition coefficient (Wildman–Crippen LogP) is 9.18. The number of benzene rings is 2. The van der Waals surface area contributed by atoms with E-state index in [4.69, 9.17) is 30.7 Å². The van der Waals surface area contributed by atoms with Crippen LogP contribution < -0.4 is 10.1 Å². The van der Waals surface area contributed by atoms with Crippen LogP contribution in [-0.4, -0.2) is 44.6 Å². The minimum Gasteiger partial charge on any atom is -0.493 e. The van der Waals surface area contributed by atoms with E-state index in [1.54, 1.807) is 24.5 Å². The first kappa shape index (κ1) is 31.8. The standard InChI is InChI=1S/C40H34ClFN6O3S/c1-19-46-47-39(51-19)32-29(17-21-6-5-20-16-23(41)7-8-24(20)21)44-35-30-4-3-15-48(30)40(49)34(35)33(32)31-18-22-13-14-43-38(37(22)52-31)45-28-12-10-26-25(28)9-11-27(42)36(26)50-2/h7-9,11,13-14,16,18,21,28,30H,3-6,10,12,15,17H2,1-2H3,(H,43,45)/t21-,28-,30+/m0/s1. The highest BCUT2D eigenvalue weighted by Gasteiger charge is 2.45. The SMILES string of the molecule is COc1c(F)ccc2c1CC[C@@H]2Nc1nccc2cc(-c3c4c(nc(C[C@@H]5CCc6cc(Cl)ccc65)c3-c3nnc(C)o3)[C@H]3CCCN3C4=O)sc12. The molecule has 0 bridgehead atoms. The summed E-state index contributed by atoms with van der Waals surface area (Å²) in [6.45, 7) is 2.49. The normalized spacial score (nSPS) is 20.0. The van der Waals surface area contributed by atoms with Crippen molar-refractivity contribution < 1.29 is 18.3 Å². The Morgan fingerprint density at radius 3 is 2.79 bits per heavy atom. The maximum Gasteiger partial charge on any atom is 0.257 e. The van der Waals surface area contributed by atoms with Gasteiger partial charge < -0.3 is 19.4 Å². The van der Waals surface area contributed by atoms with E-state index >= 15 is 0 Å². The monoisotopic (exact) mass is 732 g/mol. The van der Waals surface area contributed by atoms with Crippen LogP contribution in [0, 0.1) is 12.7 Å². The molecule has 0 unspecified atom stereocenters. The zero-order valence-electron chi connectivity index (χ0n) is 28.6. The molecule has 0 spiro atoms. The van der Waals surface area contributed by atoms with Crippen LogP contribution in [-0.2, 0) is 19.3 Å². The number of hydrogen-bond donors (Lipinski definition) is 1. The van der Waals surface area contributed by atoms with E-state index in [1.807, 2.05) is 23.1 Å². The number of carbonyl (C=O) groups is 1. The van der Waals surface area contributed by atoms with Gasteiger partial charge in [0.25, 0.3) is 5.91 Å². The summed E-state index contributed by atoms with van der Waals surface area (Å²) >= 11 is 7.98. The summed E-state index contributed by atoms with van der Waals surface area (Å²) in [6.07, 6.45) is 7.73. The van der Waals surface area contributed by atoms with E-state index in [9.17, 15) is 9.18 Å². The molecule has 2 aliphatic carbocycles. The van der Waals surface area contributed by atoms with Gasteiger partial charge in [-0.05, 0) is 103 Å². The number of aromatic nitrogens is 4. The molecule has 1 saturated heterocycles. The van der Waals surface area contributed by atoms with Gasteiger partial charge in [-0.25, -0.2) is 9.37 Å². The Labute approximate surface area is 308 Å². The highest BCUT2D eigenvalue weighted by atomic mass is 35.5. The molecule has 6 aromatic rings. The molecule has 2 aliphatic heterocycles. The van der Waals surface area contributed by atoms with Gasteiger partial charge in [0, 0.05) is 40.7 Å². The fourth-order valence-electron chi connectivity index (χ4n) is 9.06. The van der Waals surface area contributed by atoms with Crippen molar-refractivity contribution >= 4 is 44.7 Å². The first-order valence-corrected chi connectivity index (χ1v) is 19.0. The number of hydrogen-bond acceptors (Lipinski definition) is 9. The fraction of sp³-hybridized carbons (Fsp3) is 0.325. The zero-order valence-corrected chi connectivity index (χ0v) is 30.2. The van der Waals surface area contributed by atoms with Crippen LogP contribution in [0.25, 0.3) is 32.0 Å².